The van der Waals surface area contributed by atoms with Crippen LogP contribution in [-0.2, 0) is 0 Å². The lowest BCUT2D eigenvalue weighted by atomic mass is 9.89. The third-order valence-corrected chi connectivity index (χ3v) is 12.5. The molecule has 8 aromatic carbocycles. The van der Waals surface area contributed by atoms with Crippen molar-refractivity contribution >= 4 is 77.1 Å². The summed E-state index contributed by atoms with van der Waals surface area (Å²) in [6, 6.07) is 61.2. The van der Waals surface area contributed by atoms with Crippen LogP contribution in [0.4, 0.5) is 11.4 Å². The van der Waals surface area contributed by atoms with E-state index >= 15 is 0 Å². The second kappa shape index (κ2) is 12.0. The van der Waals surface area contributed by atoms with Crippen molar-refractivity contribution in [3.05, 3.63) is 200 Å². The molecular formula is C54H34N2O2. The molecule has 1 aliphatic heterocycles. The summed E-state index contributed by atoms with van der Waals surface area (Å²) < 4.78 is 15.8. The SMILES string of the molecule is C1=CC2c3cccc(-c4cccc(-c5cccc6c7ccccc7n(-c7cccc8c7oc7ccccc78)c56)c4)c3N(c3cccc4c3oc3ccccc34)C2C=C1. The molecule has 58 heavy (non-hydrogen) atoms. The van der Waals surface area contributed by atoms with Crippen LogP contribution < -0.4 is 4.90 Å². The Balaban J connectivity index is 1.03. The fourth-order valence-electron chi connectivity index (χ4n) is 10.1. The topological polar surface area (TPSA) is 34.5 Å². The highest BCUT2D eigenvalue weighted by Gasteiger charge is 2.40. The van der Waals surface area contributed by atoms with Crippen LogP contribution in [0.2, 0.25) is 0 Å². The van der Waals surface area contributed by atoms with Crippen molar-refractivity contribution in [3.8, 4) is 27.9 Å². The quantitative estimate of drug-likeness (QED) is 0.180. The molecule has 0 saturated heterocycles. The van der Waals surface area contributed by atoms with Gasteiger partial charge in [0.05, 0.1) is 34.1 Å². The first-order valence-corrected chi connectivity index (χ1v) is 20.0. The van der Waals surface area contributed by atoms with Crippen molar-refractivity contribution in [1.82, 2.24) is 4.57 Å². The van der Waals surface area contributed by atoms with Gasteiger partial charge in [0.2, 0.25) is 0 Å². The van der Waals surface area contributed by atoms with E-state index in [0.29, 0.717) is 0 Å². The Morgan fingerprint density at radius 3 is 1.79 bits per heavy atom. The van der Waals surface area contributed by atoms with E-state index in [1.54, 1.807) is 0 Å². The minimum Gasteiger partial charge on any atom is -0.454 e. The van der Waals surface area contributed by atoms with E-state index < -0.39 is 0 Å². The lowest BCUT2D eigenvalue weighted by molar-refractivity contribution is 0.663. The van der Waals surface area contributed by atoms with E-state index in [9.17, 15) is 0 Å². The van der Waals surface area contributed by atoms with Crippen molar-refractivity contribution in [1.29, 1.82) is 0 Å². The highest BCUT2D eigenvalue weighted by atomic mass is 16.3. The van der Waals surface area contributed by atoms with E-state index in [4.69, 9.17) is 8.83 Å². The summed E-state index contributed by atoms with van der Waals surface area (Å²) in [5, 5.41) is 6.93. The van der Waals surface area contributed by atoms with Gasteiger partial charge in [-0.15, -0.1) is 0 Å². The molecule has 0 bridgehead atoms. The Bertz CT molecular complexity index is 3560. The second-order valence-electron chi connectivity index (χ2n) is 15.5. The number of benzene rings is 8. The molecule has 0 amide bonds. The third-order valence-electron chi connectivity index (χ3n) is 12.5. The number of anilines is 2. The lowest BCUT2D eigenvalue weighted by Gasteiger charge is -2.29. The van der Waals surface area contributed by atoms with Crippen LogP contribution in [0.15, 0.2) is 203 Å². The van der Waals surface area contributed by atoms with E-state index in [-0.39, 0.29) is 12.0 Å². The van der Waals surface area contributed by atoms with Crippen LogP contribution in [0.1, 0.15) is 11.5 Å². The van der Waals surface area contributed by atoms with Crippen LogP contribution in [-0.4, -0.2) is 10.6 Å². The number of fused-ring (bicyclic) bond motifs is 12. The molecule has 13 rings (SSSR count). The summed E-state index contributed by atoms with van der Waals surface area (Å²) in [6.07, 6.45) is 9.07. The summed E-state index contributed by atoms with van der Waals surface area (Å²) in [6.45, 7) is 0. The first kappa shape index (κ1) is 31.6. The van der Waals surface area contributed by atoms with Crippen LogP contribution >= 0.6 is 0 Å². The minimum absolute atomic E-state index is 0.119. The minimum atomic E-state index is 0.119. The maximum absolute atomic E-state index is 6.68. The first-order valence-electron chi connectivity index (χ1n) is 20.0. The van der Waals surface area contributed by atoms with Gasteiger partial charge in [0.15, 0.2) is 11.2 Å². The molecule has 272 valence electrons. The zero-order valence-corrected chi connectivity index (χ0v) is 31.3. The molecule has 11 aromatic rings. The third kappa shape index (κ3) is 4.34. The predicted octanol–water partition coefficient (Wildman–Crippen LogP) is 14.6. The van der Waals surface area contributed by atoms with E-state index in [1.165, 1.54) is 38.7 Å². The maximum atomic E-state index is 6.68. The molecule has 3 aromatic heterocycles. The Kier molecular flexibility index (Phi) is 6.53. The van der Waals surface area contributed by atoms with Crippen molar-refractivity contribution in [3.63, 3.8) is 0 Å². The predicted molar refractivity (Wildman–Crippen MR) is 240 cm³/mol. The summed E-state index contributed by atoms with van der Waals surface area (Å²) in [5.41, 5.74) is 15.3. The van der Waals surface area contributed by atoms with E-state index in [0.717, 1.165) is 71.8 Å². The maximum Gasteiger partial charge on any atom is 0.159 e. The monoisotopic (exact) mass is 742 g/mol. The summed E-state index contributed by atoms with van der Waals surface area (Å²) in [4.78, 5) is 2.53. The standard InChI is InChI=1S/C54H34N2O2/c1-5-26-45-37(16-1)41-22-10-20-35(51(41)55(45)47-28-12-24-43-39-18-3-7-30-49(39)57-53(43)47)33-14-9-15-34(32-33)36-21-11-23-42-38-17-2-6-27-46(38)56(52(36)42)48-29-13-25-44-40-19-4-8-31-50(40)58-54(44)48/h1-32,37,45H. The first-order chi connectivity index (χ1) is 28.8. The average molecular weight is 743 g/mol. The molecular weight excluding hydrogens is 709 g/mol. The molecule has 0 N–H and O–H groups in total. The number of hydrogen-bond donors (Lipinski definition) is 0. The highest BCUT2D eigenvalue weighted by Crippen LogP contribution is 2.54. The van der Waals surface area contributed by atoms with Gasteiger partial charge >= 0.3 is 0 Å². The van der Waals surface area contributed by atoms with Gasteiger partial charge in [-0.2, -0.15) is 0 Å². The Morgan fingerprint density at radius 1 is 0.431 bits per heavy atom. The summed E-state index contributed by atoms with van der Waals surface area (Å²) >= 11 is 0. The van der Waals surface area contributed by atoms with Gasteiger partial charge in [0, 0.05) is 49.4 Å². The number of para-hydroxylation sites is 7. The zero-order valence-electron chi connectivity index (χ0n) is 31.3. The van der Waals surface area contributed by atoms with Gasteiger partial charge < -0.3 is 18.3 Å². The number of furan rings is 2. The molecule has 0 spiro atoms. The zero-order chi connectivity index (χ0) is 37.9. The molecule has 0 saturated carbocycles. The Labute approximate surface area is 333 Å². The van der Waals surface area contributed by atoms with Crippen LogP contribution in [0, 0.1) is 0 Å². The number of allylic oxidation sites excluding steroid dienone is 2. The van der Waals surface area contributed by atoms with Gasteiger partial charge in [-0.3, -0.25) is 0 Å². The highest BCUT2D eigenvalue weighted by molar-refractivity contribution is 6.16. The lowest BCUT2D eigenvalue weighted by Crippen LogP contribution is -2.28. The molecule has 4 nitrogen and oxygen atoms in total. The average Bonchev–Trinajstić information content (AvgIpc) is 4.04. The molecule has 2 atom stereocenters. The molecule has 1 aliphatic carbocycles. The van der Waals surface area contributed by atoms with Gasteiger partial charge in [-0.05, 0) is 53.1 Å². The molecule has 2 aliphatic rings. The van der Waals surface area contributed by atoms with Gasteiger partial charge in [-0.1, -0.05) is 158 Å². The fourth-order valence-corrected chi connectivity index (χ4v) is 10.1. The van der Waals surface area contributed by atoms with Crippen molar-refractivity contribution < 1.29 is 8.83 Å². The Morgan fingerprint density at radius 2 is 1.00 bits per heavy atom. The molecule has 0 fully saturated rings. The molecule has 4 heteroatoms. The normalized spacial score (nSPS) is 16.1. The summed E-state index contributed by atoms with van der Waals surface area (Å²) in [7, 11) is 0. The number of aromatic nitrogens is 1. The van der Waals surface area contributed by atoms with Crippen LogP contribution in [0.3, 0.4) is 0 Å². The van der Waals surface area contributed by atoms with Gasteiger partial charge in [-0.25, -0.2) is 0 Å². The van der Waals surface area contributed by atoms with Crippen molar-refractivity contribution in [2.24, 2.45) is 0 Å². The molecule has 4 heterocycles. The Hall–Kier alpha value is -7.56. The number of hydrogen-bond acceptors (Lipinski definition) is 3. The number of rotatable bonds is 4. The largest absolute Gasteiger partial charge is 0.454 e. The molecule has 2 unspecified atom stereocenters. The van der Waals surface area contributed by atoms with Crippen molar-refractivity contribution in [2.45, 2.75) is 12.0 Å². The summed E-state index contributed by atoms with van der Waals surface area (Å²) in [5.74, 6) is 0.216. The van der Waals surface area contributed by atoms with Crippen molar-refractivity contribution in [2.75, 3.05) is 4.90 Å². The fraction of sp³-hybridized carbons (Fsp3) is 0.0370. The van der Waals surface area contributed by atoms with Gasteiger partial charge in [0.1, 0.15) is 11.2 Å². The van der Waals surface area contributed by atoms with Crippen LogP contribution in [0.5, 0.6) is 0 Å². The van der Waals surface area contributed by atoms with Crippen LogP contribution in [0.25, 0.3) is 93.6 Å². The van der Waals surface area contributed by atoms with E-state index in [2.05, 4.69) is 191 Å². The molecule has 0 radical (unpaired) electrons. The smallest absolute Gasteiger partial charge is 0.159 e. The number of nitrogens with zero attached hydrogens (tertiary/aromatic N) is 2. The van der Waals surface area contributed by atoms with E-state index in [1.807, 2.05) is 12.1 Å². The van der Waals surface area contributed by atoms with Gasteiger partial charge in [0.25, 0.3) is 0 Å². The second-order valence-corrected chi connectivity index (χ2v) is 15.5.